The number of carbonyl (C=O) groups is 2. The molecule has 2 aromatic carbocycles. The monoisotopic (exact) mass is 545 g/mol. The zero-order valence-corrected chi connectivity index (χ0v) is 21.3. The number of likely N-dealkylation sites (N-methyl/N-ethyl adjacent to an activating group) is 1. The van der Waals surface area contributed by atoms with Gasteiger partial charge in [0.05, 0.1) is 18.2 Å². The van der Waals surface area contributed by atoms with Crippen LogP contribution < -0.4 is 10.7 Å². The number of carbonyl (C=O) groups excluding carboxylic acids is 2. The van der Waals surface area contributed by atoms with E-state index in [-0.39, 0.29) is 41.9 Å². The summed E-state index contributed by atoms with van der Waals surface area (Å²) in [5.41, 5.74) is -1.17. The first kappa shape index (κ1) is 27.3. The number of amides is 2. The number of hydrogen-bond acceptors (Lipinski definition) is 5. The van der Waals surface area contributed by atoms with E-state index in [4.69, 9.17) is 4.74 Å². The first-order valence-corrected chi connectivity index (χ1v) is 11.8. The van der Waals surface area contributed by atoms with Crippen molar-refractivity contribution >= 4 is 24.2 Å². The predicted molar refractivity (Wildman–Crippen MR) is 136 cm³/mol. The minimum absolute atomic E-state index is 0. The van der Waals surface area contributed by atoms with Crippen molar-refractivity contribution in [2.75, 3.05) is 13.6 Å². The fraction of sp³-hybridized carbons (Fsp3) is 0.296. The van der Waals surface area contributed by atoms with Crippen LogP contribution in [0.1, 0.15) is 44.8 Å². The number of hydrogen-bond donors (Lipinski definition) is 2. The summed E-state index contributed by atoms with van der Waals surface area (Å²) in [5, 5.41) is 13.1. The SMILES string of the molecule is CN1CC2(CC(OCc3ccccc3)C2)n2cc(C(=O)NCc3ccc(F)cc3F)c(=O)c(O)c2C1=O.Cl. The Labute approximate surface area is 223 Å². The lowest BCUT2D eigenvalue weighted by atomic mass is 9.72. The number of pyridine rings is 1. The molecule has 0 bridgehead atoms. The van der Waals surface area contributed by atoms with Gasteiger partial charge >= 0.3 is 0 Å². The molecule has 1 fully saturated rings. The molecule has 5 rings (SSSR count). The first-order valence-electron chi connectivity index (χ1n) is 11.8. The van der Waals surface area contributed by atoms with Crippen molar-refractivity contribution in [2.45, 2.75) is 37.6 Å². The highest BCUT2D eigenvalue weighted by Crippen LogP contribution is 2.46. The van der Waals surface area contributed by atoms with Gasteiger partial charge in [0, 0.05) is 38.0 Å². The van der Waals surface area contributed by atoms with Crippen LogP contribution in [0, 0.1) is 11.6 Å². The molecule has 1 saturated carbocycles. The van der Waals surface area contributed by atoms with E-state index in [1.165, 1.54) is 21.7 Å². The molecule has 0 radical (unpaired) electrons. The molecule has 2 amide bonds. The van der Waals surface area contributed by atoms with E-state index in [0.717, 1.165) is 11.6 Å². The summed E-state index contributed by atoms with van der Waals surface area (Å²) in [5.74, 6) is -3.79. The molecule has 3 aromatic rings. The Morgan fingerprint density at radius 3 is 2.55 bits per heavy atom. The molecule has 1 aliphatic carbocycles. The lowest BCUT2D eigenvalue weighted by Crippen LogP contribution is -2.61. The van der Waals surface area contributed by atoms with Crippen LogP contribution in [-0.2, 0) is 23.4 Å². The van der Waals surface area contributed by atoms with E-state index >= 15 is 0 Å². The second kappa shape index (κ2) is 10.5. The molecule has 8 nitrogen and oxygen atoms in total. The van der Waals surface area contributed by atoms with Gasteiger partial charge in [-0.25, -0.2) is 8.78 Å². The van der Waals surface area contributed by atoms with E-state index in [2.05, 4.69) is 5.32 Å². The fourth-order valence-corrected chi connectivity index (χ4v) is 5.07. The average molecular weight is 546 g/mol. The summed E-state index contributed by atoms with van der Waals surface area (Å²) < 4.78 is 34.7. The molecular weight excluding hydrogens is 520 g/mol. The molecule has 11 heteroatoms. The summed E-state index contributed by atoms with van der Waals surface area (Å²) in [6.07, 6.45) is 2.19. The average Bonchev–Trinajstić information content (AvgIpc) is 2.85. The summed E-state index contributed by atoms with van der Waals surface area (Å²) in [6.45, 7) is 0.440. The number of benzene rings is 2. The number of ether oxygens (including phenoxy) is 1. The standard InChI is InChI=1S/C27H25F2N3O5.ClH/c1-31-15-27(10-19(11-27)37-14-16-5-3-2-4-6-16)32-13-20(23(33)24(34)22(32)26(31)36)25(35)30-12-17-7-8-18(28)9-21(17)29;/h2-9,13,19,34H,10-12,14-15H2,1H3,(H,30,35);1H. The lowest BCUT2D eigenvalue weighted by molar-refractivity contribution is -0.0929. The van der Waals surface area contributed by atoms with E-state index in [0.29, 0.717) is 32.1 Å². The van der Waals surface area contributed by atoms with Gasteiger partial charge in [-0.05, 0) is 24.5 Å². The van der Waals surface area contributed by atoms with E-state index < -0.39 is 40.2 Å². The van der Waals surface area contributed by atoms with Gasteiger partial charge < -0.3 is 24.6 Å². The maximum absolute atomic E-state index is 14.0. The zero-order valence-electron chi connectivity index (χ0n) is 20.4. The van der Waals surface area contributed by atoms with Crippen LogP contribution in [0.5, 0.6) is 5.75 Å². The molecule has 1 aromatic heterocycles. The minimum Gasteiger partial charge on any atom is -0.503 e. The number of aromatic hydroxyl groups is 1. The van der Waals surface area contributed by atoms with E-state index in [9.17, 15) is 28.3 Å². The summed E-state index contributed by atoms with van der Waals surface area (Å²) in [4.78, 5) is 40.1. The third-order valence-corrected chi connectivity index (χ3v) is 7.02. The van der Waals surface area contributed by atoms with Gasteiger partial charge in [-0.2, -0.15) is 0 Å². The molecule has 38 heavy (non-hydrogen) atoms. The number of nitrogens with one attached hydrogen (secondary N) is 1. The second-order valence-electron chi connectivity index (χ2n) is 9.57. The molecule has 200 valence electrons. The van der Waals surface area contributed by atoms with Crippen molar-refractivity contribution in [3.63, 3.8) is 0 Å². The number of halogens is 3. The Kier molecular flexibility index (Phi) is 7.57. The van der Waals surface area contributed by atoms with Crippen LogP contribution in [0.25, 0.3) is 0 Å². The Morgan fingerprint density at radius 1 is 1.16 bits per heavy atom. The highest BCUT2D eigenvalue weighted by atomic mass is 35.5. The Balaban J connectivity index is 0.00000336. The summed E-state index contributed by atoms with van der Waals surface area (Å²) in [7, 11) is 1.59. The lowest BCUT2D eigenvalue weighted by Gasteiger charge is -2.53. The number of aromatic nitrogens is 1. The van der Waals surface area contributed by atoms with Crippen LogP contribution >= 0.6 is 12.4 Å². The fourth-order valence-electron chi connectivity index (χ4n) is 5.07. The Hall–Kier alpha value is -3.76. The van der Waals surface area contributed by atoms with Crippen LogP contribution in [0.4, 0.5) is 8.78 Å². The molecule has 2 N–H and O–H groups in total. The molecule has 1 spiro atoms. The van der Waals surface area contributed by atoms with Crippen molar-refractivity contribution in [1.29, 1.82) is 0 Å². The molecule has 0 saturated heterocycles. The Morgan fingerprint density at radius 2 is 1.87 bits per heavy atom. The van der Waals surface area contributed by atoms with Crippen LogP contribution in [-0.4, -0.2) is 46.1 Å². The van der Waals surface area contributed by atoms with Crippen molar-refractivity contribution in [3.8, 4) is 5.75 Å². The van der Waals surface area contributed by atoms with Crippen molar-refractivity contribution in [2.24, 2.45) is 0 Å². The van der Waals surface area contributed by atoms with Crippen molar-refractivity contribution in [1.82, 2.24) is 14.8 Å². The third kappa shape index (κ3) is 4.89. The summed E-state index contributed by atoms with van der Waals surface area (Å²) in [6, 6.07) is 12.6. The van der Waals surface area contributed by atoms with Gasteiger partial charge in [-0.3, -0.25) is 14.4 Å². The maximum atomic E-state index is 14.0. The second-order valence-corrected chi connectivity index (χ2v) is 9.57. The molecule has 2 aliphatic rings. The minimum atomic E-state index is -1.00. The van der Waals surface area contributed by atoms with Gasteiger partial charge in [0.15, 0.2) is 11.4 Å². The van der Waals surface area contributed by atoms with Crippen LogP contribution in [0.3, 0.4) is 0 Å². The van der Waals surface area contributed by atoms with E-state index in [1.807, 2.05) is 30.3 Å². The highest BCUT2D eigenvalue weighted by molar-refractivity contribution is 5.99. The van der Waals surface area contributed by atoms with E-state index in [1.54, 1.807) is 7.05 Å². The normalized spacial score (nSPS) is 19.9. The van der Waals surface area contributed by atoms with Crippen LogP contribution in [0.2, 0.25) is 0 Å². The molecule has 0 unspecified atom stereocenters. The number of fused-ring (bicyclic) bond motifs is 2. The maximum Gasteiger partial charge on any atom is 0.274 e. The number of rotatable bonds is 6. The van der Waals surface area contributed by atoms with Gasteiger partial charge in [0.2, 0.25) is 5.43 Å². The zero-order chi connectivity index (χ0) is 26.3. The van der Waals surface area contributed by atoms with Crippen molar-refractivity contribution in [3.05, 3.63) is 99.0 Å². The van der Waals surface area contributed by atoms with Gasteiger partial charge in [0.25, 0.3) is 11.8 Å². The first-order chi connectivity index (χ1) is 17.7. The topological polar surface area (TPSA) is 101 Å². The smallest absolute Gasteiger partial charge is 0.274 e. The molecule has 2 heterocycles. The predicted octanol–water partition coefficient (Wildman–Crippen LogP) is 3.34. The molecule has 0 atom stereocenters. The quantitative estimate of drug-likeness (QED) is 0.495. The largest absolute Gasteiger partial charge is 0.503 e. The van der Waals surface area contributed by atoms with Gasteiger partial charge in [0.1, 0.15) is 17.2 Å². The number of nitrogens with zero attached hydrogens (tertiary/aromatic N) is 2. The van der Waals surface area contributed by atoms with Crippen molar-refractivity contribution < 1.29 is 28.2 Å². The Bertz CT molecular complexity index is 1440. The molecular formula is C27H26ClF2N3O5. The van der Waals surface area contributed by atoms with Gasteiger partial charge in [-0.1, -0.05) is 36.4 Å². The third-order valence-electron chi connectivity index (χ3n) is 7.02. The molecule has 1 aliphatic heterocycles. The highest BCUT2D eigenvalue weighted by Gasteiger charge is 2.52. The van der Waals surface area contributed by atoms with Crippen LogP contribution in [0.15, 0.2) is 59.5 Å². The summed E-state index contributed by atoms with van der Waals surface area (Å²) >= 11 is 0. The van der Waals surface area contributed by atoms with Gasteiger partial charge in [-0.15, -0.1) is 12.4 Å².